The van der Waals surface area contributed by atoms with Crippen LogP contribution in [0.2, 0.25) is 0 Å². The fourth-order valence-electron chi connectivity index (χ4n) is 3.41. The Morgan fingerprint density at radius 3 is 2.84 bits per heavy atom. The molecular formula is C20H23N5. The summed E-state index contributed by atoms with van der Waals surface area (Å²) in [6, 6.07) is 12.2. The third-order valence-corrected chi connectivity index (χ3v) is 4.85. The van der Waals surface area contributed by atoms with Crippen molar-refractivity contribution in [3.63, 3.8) is 0 Å². The number of anilines is 2. The van der Waals surface area contributed by atoms with E-state index >= 15 is 0 Å². The van der Waals surface area contributed by atoms with Crippen LogP contribution < -0.4 is 16.4 Å². The summed E-state index contributed by atoms with van der Waals surface area (Å²) in [6.07, 6.45) is 2.03. The minimum Gasteiger partial charge on any atom is -0.402 e. The number of nitrogens with two attached hydrogens (primary N) is 2. The van der Waals surface area contributed by atoms with Crippen molar-refractivity contribution < 1.29 is 0 Å². The molecule has 1 aliphatic heterocycles. The van der Waals surface area contributed by atoms with Gasteiger partial charge in [0.25, 0.3) is 0 Å². The maximum Gasteiger partial charge on any atom is 0.144 e. The molecule has 0 bridgehead atoms. The van der Waals surface area contributed by atoms with Crippen LogP contribution in [0.15, 0.2) is 42.6 Å². The lowest BCUT2D eigenvalue weighted by Gasteiger charge is -2.35. The molecule has 3 rings (SSSR count). The van der Waals surface area contributed by atoms with E-state index in [9.17, 15) is 5.26 Å². The second-order valence-corrected chi connectivity index (χ2v) is 6.57. The van der Waals surface area contributed by atoms with Crippen LogP contribution in [0, 0.1) is 24.2 Å². The number of nitrogen functional groups attached to an aromatic ring is 1. The minimum atomic E-state index is 0.233. The van der Waals surface area contributed by atoms with Crippen LogP contribution in [0.5, 0.6) is 0 Å². The molecule has 128 valence electrons. The van der Waals surface area contributed by atoms with E-state index in [1.165, 1.54) is 0 Å². The Labute approximate surface area is 148 Å². The van der Waals surface area contributed by atoms with Gasteiger partial charge in [0, 0.05) is 30.3 Å². The van der Waals surface area contributed by atoms with Crippen LogP contribution in [0.1, 0.15) is 24.0 Å². The van der Waals surface area contributed by atoms with Crippen LogP contribution in [0.25, 0.3) is 11.3 Å². The molecule has 1 atom stereocenters. The molecule has 1 aromatic carbocycles. The van der Waals surface area contributed by atoms with E-state index in [2.05, 4.69) is 22.5 Å². The predicted octanol–water partition coefficient (Wildman–Crippen LogP) is 3.20. The normalized spacial score (nSPS) is 17.1. The first-order valence-electron chi connectivity index (χ1n) is 8.47. The highest BCUT2D eigenvalue weighted by Crippen LogP contribution is 2.34. The summed E-state index contributed by atoms with van der Waals surface area (Å²) >= 11 is 0. The predicted molar refractivity (Wildman–Crippen MR) is 102 cm³/mol. The van der Waals surface area contributed by atoms with Gasteiger partial charge in [-0.15, -0.1) is 0 Å². The Bertz CT molecular complexity index is 850. The Kier molecular flexibility index (Phi) is 4.62. The zero-order valence-electron chi connectivity index (χ0n) is 14.5. The molecule has 2 aromatic rings. The molecule has 0 saturated carbocycles. The van der Waals surface area contributed by atoms with Crippen molar-refractivity contribution in [1.82, 2.24) is 4.98 Å². The quantitative estimate of drug-likeness (QED) is 0.900. The van der Waals surface area contributed by atoms with E-state index in [0.29, 0.717) is 11.3 Å². The number of nitrogens with zero attached hydrogens (tertiary/aromatic N) is 3. The van der Waals surface area contributed by atoms with Gasteiger partial charge < -0.3 is 16.4 Å². The van der Waals surface area contributed by atoms with Crippen LogP contribution in [0.3, 0.4) is 0 Å². The van der Waals surface area contributed by atoms with Gasteiger partial charge >= 0.3 is 0 Å². The van der Waals surface area contributed by atoms with Crippen molar-refractivity contribution in [2.75, 3.05) is 23.7 Å². The van der Waals surface area contributed by atoms with Crippen molar-refractivity contribution in [3.8, 4) is 17.3 Å². The van der Waals surface area contributed by atoms with Crippen molar-refractivity contribution in [1.29, 1.82) is 5.26 Å². The Morgan fingerprint density at radius 1 is 1.40 bits per heavy atom. The topological polar surface area (TPSA) is 92.0 Å². The first kappa shape index (κ1) is 16.8. The first-order chi connectivity index (χ1) is 12.0. The number of aromatic nitrogens is 1. The van der Waals surface area contributed by atoms with Gasteiger partial charge in [-0.3, -0.25) is 0 Å². The van der Waals surface area contributed by atoms with Gasteiger partial charge in [0.1, 0.15) is 17.5 Å². The molecule has 25 heavy (non-hydrogen) atoms. The molecule has 5 heteroatoms. The zero-order valence-corrected chi connectivity index (χ0v) is 14.5. The second-order valence-electron chi connectivity index (χ2n) is 6.57. The first-order valence-corrected chi connectivity index (χ1v) is 8.47. The Balaban J connectivity index is 2.08. The molecule has 5 nitrogen and oxygen atoms in total. The average Bonchev–Trinajstić information content (AvgIpc) is 2.61. The lowest BCUT2D eigenvalue weighted by Crippen LogP contribution is -2.37. The van der Waals surface area contributed by atoms with Gasteiger partial charge in [-0.2, -0.15) is 5.26 Å². The third-order valence-electron chi connectivity index (χ3n) is 4.85. The maximum atomic E-state index is 9.58. The molecule has 4 N–H and O–H groups in total. The van der Waals surface area contributed by atoms with E-state index in [1.807, 2.05) is 37.3 Å². The van der Waals surface area contributed by atoms with Gasteiger partial charge in [-0.05, 0) is 31.4 Å². The molecule has 1 saturated heterocycles. The molecule has 1 fully saturated rings. The molecule has 2 heterocycles. The van der Waals surface area contributed by atoms with Gasteiger partial charge in [0.15, 0.2) is 0 Å². The smallest absolute Gasteiger partial charge is 0.144 e. The molecule has 1 unspecified atom stereocenters. The lowest BCUT2D eigenvalue weighted by molar-refractivity contribution is 0.463. The average molecular weight is 333 g/mol. The highest BCUT2D eigenvalue weighted by atomic mass is 15.1. The summed E-state index contributed by atoms with van der Waals surface area (Å²) in [7, 11) is 0. The molecular weight excluding hydrogens is 310 g/mol. The fourth-order valence-corrected chi connectivity index (χ4v) is 3.41. The van der Waals surface area contributed by atoms with Gasteiger partial charge in [-0.25, -0.2) is 4.98 Å². The van der Waals surface area contributed by atoms with Crippen LogP contribution in [0.4, 0.5) is 11.5 Å². The summed E-state index contributed by atoms with van der Waals surface area (Å²) in [6.45, 7) is 7.56. The standard InChI is InChI=1S/C20H23N5/c1-13-6-3-4-8-16(13)18-10-19(17(11-21)20(23)24-18)25-9-5-7-15(12-25)14(2)22/h3-4,6,8,10,15H,2,5,7,9,12,22H2,1H3,(H2,23,24). The maximum absolute atomic E-state index is 9.58. The van der Waals surface area contributed by atoms with E-state index in [1.54, 1.807) is 0 Å². The third kappa shape index (κ3) is 3.29. The number of pyridine rings is 1. The van der Waals surface area contributed by atoms with Crippen LogP contribution in [-0.4, -0.2) is 18.1 Å². The summed E-state index contributed by atoms with van der Waals surface area (Å²) in [5, 5.41) is 9.58. The summed E-state index contributed by atoms with van der Waals surface area (Å²) in [4.78, 5) is 6.66. The summed E-state index contributed by atoms with van der Waals surface area (Å²) in [5.74, 6) is 0.503. The highest BCUT2D eigenvalue weighted by molar-refractivity contribution is 5.76. The number of benzene rings is 1. The number of aryl methyl sites for hydroxylation is 1. The minimum absolute atomic E-state index is 0.233. The number of piperidine rings is 1. The number of rotatable bonds is 3. The van der Waals surface area contributed by atoms with E-state index in [-0.39, 0.29) is 11.7 Å². The van der Waals surface area contributed by atoms with Crippen LogP contribution in [-0.2, 0) is 0 Å². The monoisotopic (exact) mass is 333 g/mol. The zero-order chi connectivity index (χ0) is 18.0. The lowest BCUT2D eigenvalue weighted by atomic mass is 9.94. The van der Waals surface area contributed by atoms with Crippen molar-refractivity contribution in [2.45, 2.75) is 19.8 Å². The van der Waals surface area contributed by atoms with Crippen LogP contribution >= 0.6 is 0 Å². The van der Waals surface area contributed by atoms with E-state index in [4.69, 9.17) is 11.5 Å². The van der Waals surface area contributed by atoms with Crippen molar-refractivity contribution in [3.05, 3.63) is 53.7 Å². The summed E-state index contributed by atoms with van der Waals surface area (Å²) in [5.41, 5.74) is 16.9. The number of nitriles is 1. The molecule has 1 aliphatic rings. The second kappa shape index (κ2) is 6.86. The molecule has 0 amide bonds. The summed E-state index contributed by atoms with van der Waals surface area (Å²) < 4.78 is 0. The molecule has 1 aromatic heterocycles. The Morgan fingerprint density at radius 2 is 2.16 bits per heavy atom. The SMILES string of the molecule is C=C(N)C1CCCN(c2cc(-c3ccccc3C)nc(N)c2C#N)C1. The molecule has 0 spiro atoms. The fraction of sp³-hybridized carbons (Fsp3) is 0.300. The Hall–Kier alpha value is -3.00. The van der Waals surface area contributed by atoms with E-state index < -0.39 is 0 Å². The molecule has 0 radical (unpaired) electrons. The van der Waals surface area contributed by atoms with E-state index in [0.717, 1.165) is 48.4 Å². The largest absolute Gasteiger partial charge is 0.402 e. The van der Waals surface area contributed by atoms with Gasteiger partial charge in [-0.1, -0.05) is 30.8 Å². The van der Waals surface area contributed by atoms with Crippen molar-refractivity contribution >= 4 is 11.5 Å². The highest BCUT2D eigenvalue weighted by Gasteiger charge is 2.25. The van der Waals surface area contributed by atoms with Gasteiger partial charge in [0.2, 0.25) is 0 Å². The molecule has 0 aliphatic carbocycles. The number of hydrogen-bond donors (Lipinski definition) is 2. The number of hydrogen-bond acceptors (Lipinski definition) is 5. The van der Waals surface area contributed by atoms with Crippen molar-refractivity contribution in [2.24, 2.45) is 11.7 Å². The van der Waals surface area contributed by atoms with Gasteiger partial charge in [0.05, 0.1) is 11.4 Å².